The lowest BCUT2D eigenvalue weighted by Crippen LogP contribution is -2.25. The summed E-state index contributed by atoms with van der Waals surface area (Å²) in [5, 5.41) is 6.13. The molecule has 1 amide bonds. The third-order valence-corrected chi connectivity index (χ3v) is 1.49. The number of rotatable bonds is 3. The smallest absolute Gasteiger partial charge is 0.268 e. The van der Waals surface area contributed by atoms with Crippen molar-refractivity contribution in [2.45, 2.75) is 0 Å². The van der Waals surface area contributed by atoms with Gasteiger partial charge in [0.15, 0.2) is 5.11 Å². The monoisotopic (exact) mass is 222 g/mol. The molecule has 0 aliphatic rings. The molecule has 15 heavy (non-hydrogen) atoms. The van der Waals surface area contributed by atoms with E-state index in [2.05, 4.69) is 28.1 Å². The van der Waals surface area contributed by atoms with Crippen molar-refractivity contribution in [1.82, 2.24) is 5.43 Å². The Bertz CT molecular complexity index is 377. The largest absolute Gasteiger partial charge is 0.375 e. The van der Waals surface area contributed by atoms with E-state index in [1.807, 2.05) is 18.2 Å². The Labute approximate surface area is 92.4 Å². The van der Waals surface area contributed by atoms with E-state index < -0.39 is 0 Å². The number of nitrogens with one attached hydrogen (secondary N) is 2. The van der Waals surface area contributed by atoms with Gasteiger partial charge in [0.25, 0.3) is 5.91 Å². The SMILES string of the molecule is NC(=S)N/N=C/C(=O)Nc1ccccc1. The third kappa shape index (κ3) is 4.72. The molecule has 78 valence electrons. The summed E-state index contributed by atoms with van der Waals surface area (Å²) in [6, 6.07) is 9.04. The molecule has 0 unspecified atom stereocenters. The van der Waals surface area contributed by atoms with E-state index in [-0.39, 0.29) is 11.0 Å². The highest BCUT2D eigenvalue weighted by Crippen LogP contribution is 2.03. The molecule has 0 saturated heterocycles. The summed E-state index contributed by atoms with van der Waals surface area (Å²) < 4.78 is 0. The number of carbonyl (C=O) groups is 1. The topological polar surface area (TPSA) is 79.5 Å². The standard InChI is InChI=1S/C9H10N4OS/c10-9(15)13-11-6-8(14)12-7-4-2-1-3-5-7/h1-6H,(H,12,14)(H3,10,13,15)/b11-6+. The minimum absolute atomic E-state index is 0.0127. The highest BCUT2D eigenvalue weighted by molar-refractivity contribution is 7.80. The maximum absolute atomic E-state index is 11.2. The Hall–Kier alpha value is -1.95. The van der Waals surface area contributed by atoms with Gasteiger partial charge in [-0.15, -0.1) is 0 Å². The minimum Gasteiger partial charge on any atom is -0.375 e. The Kier molecular flexibility index (Phi) is 4.24. The van der Waals surface area contributed by atoms with Gasteiger partial charge in [0, 0.05) is 5.69 Å². The molecule has 0 heterocycles. The molecule has 5 nitrogen and oxygen atoms in total. The summed E-state index contributed by atoms with van der Waals surface area (Å²) in [5.41, 5.74) is 8.08. The van der Waals surface area contributed by atoms with Crippen molar-refractivity contribution in [3.63, 3.8) is 0 Å². The molecular formula is C9H10N4OS. The van der Waals surface area contributed by atoms with E-state index in [0.717, 1.165) is 6.21 Å². The van der Waals surface area contributed by atoms with E-state index >= 15 is 0 Å². The van der Waals surface area contributed by atoms with Crippen molar-refractivity contribution >= 4 is 35.1 Å². The first kappa shape index (κ1) is 11.1. The lowest BCUT2D eigenvalue weighted by atomic mass is 10.3. The zero-order valence-corrected chi connectivity index (χ0v) is 8.62. The van der Waals surface area contributed by atoms with Crippen molar-refractivity contribution in [3.8, 4) is 0 Å². The summed E-state index contributed by atoms with van der Waals surface area (Å²) in [5.74, 6) is -0.357. The van der Waals surface area contributed by atoms with Crippen LogP contribution in [0.2, 0.25) is 0 Å². The number of hydrogen-bond acceptors (Lipinski definition) is 3. The quantitative estimate of drug-likeness (QED) is 0.394. The van der Waals surface area contributed by atoms with Crippen LogP contribution in [0.1, 0.15) is 0 Å². The Morgan fingerprint density at radius 3 is 2.67 bits per heavy atom. The number of hydrazone groups is 1. The van der Waals surface area contributed by atoms with Gasteiger partial charge in [-0.3, -0.25) is 10.2 Å². The molecule has 0 saturated carbocycles. The Balaban J connectivity index is 2.43. The fraction of sp³-hybridized carbons (Fsp3) is 0. The van der Waals surface area contributed by atoms with Crippen LogP contribution in [-0.2, 0) is 4.79 Å². The molecule has 4 N–H and O–H groups in total. The van der Waals surface area contributed by atoms with E-state index in [9.17, 15) is 4.79 Å². The molecule has 0 radical (unpaired) electrons. The van der Waals surface area contributed by atoms with Gasteiger partial charge < -0.3 is 11.1 Å². The van der Waals surface area contributed by atoms with Crippen LogP contribution in [0, 0.1) is 0 Å². The molecule has 6 heteroatoms. The molecule has 1 rings (SSSR count). The summed E-state index contributed by atoms with van der Waals surface area (Å²) in [6.45, 7) is 0. The third-order valence-electron chi connectivity index (χ3n) is 1.40. The molecule has 0 aliphatic heterocycles. The van der Waals surface area contributed by atoms with Crippen LogP contribution in [0.4, 0.5) is 5.69 Å². The second-order valence-electron chi connectivity index (χ2n) is 2.59. The molecule has 0 bridgehead atoms. The molecule has 0 atom stereocenters. The van der Waals surface area contributed by atoms with Gasteiger partial charge in [0.1, 0.15) is 6.21 Å². The van der Waals surface area contributed by atoms with E-state index in [4.69, 9.17) is 5.73 Å². The fourth-order valence-corrected chi connectivity index (χ4v) is 0.903. The van der Waals surface area contributed by atoms with Gasteiger partial charge in [0.2, 0.25) is 0 Å². The lowest BCUT2D eigenvalue weighted by Gasteiger charge is -2.00. The molecule has 0 fully saturated rings. The van der Waals surface area contributed by atoms with Crippen LogP contribution in [-0.4, -0.2) is 17.2 Å². The maximum atomic E-state index is 11.2. The van der Waals surface area contributed by atoms with Gasteiger partial charge in [-0.2, -0.15) is 5.10 Å². The predicted molar refractivity (Wildman–Crippen MR) is 63.5 cm³/mol. The second-order valence-corrected chi connectivity index (χ2v) is 3.03. The first-order valence-electron chi connectivity index (χ1n) is 4.13. The van der Waals surface area contributed by atoms with Gasteiger partial charge in [-0.05, 0) is 24.4 Å². The number of para-hydroxylation sites is 1. The number of nitrogens with zero attached hydrogens (tertiary/aromatic N) is 1. The van der Waals surface area contributed by atoms with Crippen molar-refractivity contribution in [2.75, 3.05) is 5.32 Å². The summed E-state index contributed by atoms with van der Waals surface area (Å²) in [6.07, 6.45) is 1.06. The van der Waals surface area contributed by atoms with Crippen LogP contribution in [0.25, 0.3) is 0 Å². The van der Waals surface area contributed by atoms with E-state index in [1.54, 1.807) is 12.1 Å². The van der Waals surface area contributed by atoms with Crippen LogP contribution < -0.4 is 16.5 Å². The average Bonchev–Trinajstić information content (AvgIpc) is 2.18. The van der Waals surface area contributed by atoms with Crippen LogP contribution in [0.15, 0.2) is 35.4 Å². The van der Waals surface area contributed by atoms with Crippen LogP contribution in [0.3, 0.4) is 0 Å². The predicted octanol–water partition coefficient (Wildman–Crippen LogP) is 0.444. The van der Waals surface area contributed by atoms with Gasteiger partial charge in [0.05, 0.1) is 0 Å². The number of carbonyl (C=O) groups excluding carboxylic acids is 1. The number of nitrogens with two attached hydrogens (primary N) is 1. The van der Waals surface area contributed by atoms with Crippen molar-refractivity contribution in [2.24, 2.45) is 10.8 Å². The number of benzene rings is 1. The number of anilines is 1. The van der Waals surface area contributed by atoms with Crippen molar-refractivity contribution < 1.29 is 4.79 Å². The molecule has 0 aromatic heterocycles. The molecule has 0 aliphatic carbocycles. The summed E-state index contributed by atoms with van der Waals surface area (Å²) in [4.78, 5) is 11.2. The maximum Gasteiger partial charge on any atom is 0.268 e. The lowest BCUT2D eigenvalue weighted by molar-refractivity contribution is -0.110. The number of thiocarbonyl (C=S) groups is 1. The molecule has 0 spiro atoms. The Morgan fingerprint density at radius 1 is 1.40 bits per heavy atom. The van der Waals surface area contributed by atoms with Crippen LogP contribution in [0.5, 0.6) is 0 Å². The first-order valence-corrected chi connectivity index (χ1v) is 4.54. The molecule has 1 aromatic rings. The minimum atomic E-state index is -0.357. The normalized spacial score (nSPS) is 9.87. The average molecular weight is 222 g/mol. The van der Waals surface area contributed by atoms with Gasteiger partial charge in [-0.1, -0.05) is 18.2 Å². The number of hydrogen-bond donors (Lipinski definition) is 3. The van der Waals surface area contributed by atoms with Crippen molar-refractivity contribution in [1.29, 1.82) is 0 Å². The fourth-order valence-electron chi connectivity index (χ4n) is 0.851. The van der Waals surface area contributed by atoms with E-state index in [0.29, 0.717) is 5.69 Å². The second kappa shape index (κ2) is 5.71. The van der Waals surface area contributed by atoms with Crippen LogP contribution >= 0.6 is 12.2 Å². The molecule has 1 aromatic carbocycles. The van der Waals surface area contributed by atoms with Gasteiger partial charge >= 0.3 is 0 Å². The molecular weight excluding hydrogens is 212 g/mol. The summed E-state index contributed by atoms with van der Waals surface area (Å²) in [7, 11) is 0. The zero-order chi connectivity index (χ0) is 11.1. The zero-order valence-electron chi connectivity index (χ0n) is 7.81. The first-order chi connectivity index (χ1) is 7.18. The van der Waals surface area contributed by atoms with Crippen molar-refractivity contribution in [3.05, 3.63) is 30.3 Å². The number of amides is 1. The Morgan fingerprint density at radius 2 is 2.07 bits per heavy atom. The van der Waals surface area contributed by atoms with E-state index in [1.165, 1.54) is 0 Å². The highest BCUT2D eigenvalue weighted by atomic mass is 32.1. The highest BCUT2D eigenvalue weighted by Gasteiger charge is 1.96. The summed E-state index contributed by atoms with van der Waals surface area (Å²) >= 11 is 4.50. The van der Waals surface area contributed by atoms with Gasteiger partial charge in [-0.25, -0.2) is 0 Å².